The van der Waals surface area contributed by atoms with Gasteiger partial charge in [-0.2, -0.15) is 0 Å². The fourth-order valence-corrected chi connectivity index (χ4v) is 4.73. The first-order valence-corrected chi connectivity index (χ1v) is 8.99. The normalized spacial score (nSPS) is 43.3. The monoisotopic (exact) mass is 370 g/mol. The van der Waals surface area contributed by atoms with Gasteiger partial charge in [0.1, 0.15) is 12.2 Å². The van der Waals surface area contributed by atoms with E-state index in [0.717, 1.165) is 0 Å². The first kappa shape index (κ1) is 18.4. The number of fused-ring (bicyclic) bond motifs is 2. The van der Waals surface area contributed by atoms with E-state index in [9.17, 15) is 19.8 Å². The molecule has 1 saturated heterocycles. The maximum Gasteiger partial charge on any atom is 0.334 e. The number of esters is 2. The molecule has 0 aromatic carbocycles. The molecule has 3 aliphatic rings. The fraction of sp³-hybridized carbons (Fsp3) is 0.667. The highest BCUT2D eigenvalue weighted by Gasteiger charge is 2.64. The summed E-state index contributed by atoms with van der Waals surface area (Å²) >= 11 is 6.05. The van der Waals surface area contributed by atoms with Crippen LogP contribution in [0.15, 0.2) is 24.3 Å². The zero-order valence-corrected chi connectivity index (χ0v) is 14.9. The minimum Gasteiger partial charge on any atom is -0.458 e. The molecule has 3 fully saturated rings. The zero-order valence-electron chi connectivity index (χ0n) is 14.2. The molecular formula is C18H23ClO6. The molecule has 6 atom stereocenters. The van der Waals surface area contributed by atoms with Crippen molar-refractivity contribution in [2.75, 3.05) is 5.88 Å². The van der Waals surface area contributed by atoms with E-state index in [1.54, 1.807) is 6.92 Å². The van der Waals surface area contributed by atoms with Crippen molar-refractivity contribution in [2.24, 2.45) is 11.8 Å². The summed E-state index contributed by atoms with van der Waals surface area (Å²) < 4.78 is 10.7. The van der Waals surface area contributed by atoms with Gasteiger partial charge >= 0.3 is 11.9 Å². The van der Waals surface area contributed by atoms with E-state index >= 15 is 0 Å². The molecule has 0 bridgehead atoms. The van der Waals surface area contributed by atoms with E-state index in [-0.39, 0.29) is 37.1 Å². The lowest BCUT2D eigenvalue weighted by Gasteiger charge is -2.39. The Morgan fingerprint density at radius 1 is 1.40 bits per heavy atom. The molecule has 0 amide bonds. The van der Waals surface area contributed by atoms with Crippen LogP contribution in [-0.2, 0) is 19.1 Å². The van der Waals surface area contributed by atoms with Gasteiger partial charge in [0.25, 0.3) is 0 Å². The maximum absolute atomic E-state index is 11.9. The van der Waals surface area contributed by atoms with Gasteiger partial charge in [-0.25, -0.2) is 4.79 Å². The summed E-state index contributed by atoms with van der Waals surface area (Å²) in [6, 6.07) is 0. The van der Waals surface area contributed by atoms with E-state index < -0.39 is 47.2 Å². The second-order valence-corrected chi connectivity index (χ2v) is 7.56. The van der Waals surface area contributed by atoms with Gasteiger partial charge in [-0.15, -0.1) is 11.6 Å². The molecule has 2 aliphatic carbocycles. The van der Waals surface area contributed by atoms with E-state index in [0.29, 0.717) is 5.57 Å². The molecule has 0 aromatic rings. The number of ether oxygens (including phenoxy) is 2. The SMILES string of the molecule is C=C1C(=O)OC2CC(O)(CCl)C3CC(OC(=O)CC)C(=C)C3(O)CC12. The zero-order chi connectivity index (χ0) is 18.6. The van der Waals surface area contributed by atoms with Gasteiger partial charge in [0.2, 0.25) is 0 Å². The van der Waals surface area contributed by atoms with E-state index in [1.807, 2.05) is 0 Å². The molecule has 6 unspecified atom stereocenters. The molecule has 2 N–H and O–H groups in total. The number of hydrogen-bond acceptors (Lipinski definition) is 6. The third kappa shape index (κ3) is 2.71. The highest BCUT2D eigenvalue weighted by atomic mass is 35.5. The number of hydrogen-bond donors (Lipinski definition) is 2. The van der Waals surface area contributed by atoms with Crippen molar-refractivity contribution >= 4 is 23.5 Å². The third-order valence-corrected chi connectivity index (χ3v) is 6.38. The van der Waals surface area contributed by atoms with Crippen LogP contribution in [0.5, 0.6) is 0 Å². The molecule has 138 valence electrons. The first-order chi connectivity index (χ1) is 11.7. The second kappa shape index (κ2) is 6.11. The summed E-state index contributed by atoms with van der Waals surface area (Å²) in [5.74, 6) is -2.17. The van der Waals surface area contributed by atoms with Crippen molar-refractivity contribution in [3.8, 4) is 0 Å². The van der Waals surface area contributed by atoms with Gasteiger partial charge < -0.3 is 19.7 Å². The summed E-state index contributed by atoms with van der Waals surface area (Å²) in [6.45, 7) is 9.39. The number of rotatable bonds is 3. The Hall–Kier alpha value is -1.37. The molecular weight excluding hydrogens is 348 g/mol. The van der Waals surface area contributed by atoms with Crippen molar-refractivity contribution in [2.45, 2.75) is 56.0 Å². The first-order valence-electron chi connectivity index (χ1n) is 8.45. The van der Waals surface area contributed by atoms with E-state index in [4.69, 9.17) is 21.1 Å². The number of aliphatic hydroxyl groups is 2. The lowest BCUT2D eigenvalue weighted by atomic mass is 9.75. The Morgan fingerprint density at radius 2 is 2.08 bits per heavy atom. The minimum absolute atomic E-state index is 0.0978. The number of carbonyl (C=O) groups excluding carboxylic acids is 2. The molecule has 0 radical (unpaired) electrons. The van der Waals surface area contributed by atoms with Crippen molar-refractivity contribution < 1.29 is 29.3 Å². The van der Waals surface area contributed by atoms with E-state index in [2.05, 4.69) is 13.2 Å². The van der Waals surface area contributed by atoms with Gasteiger partial charge in [0.15, 0.2) is 0 Å². The molecule has 1 aliphatic heterocycles. The van der Waals surface area contributed by atoms with Crippen LogP contribution in [0.4, 0.5) is 0 Å². The average molecular weight is 371 g/mol. The second-order valence-electron chi connectivity index (χ2n) is 7.29. The summed E-state index contributed by atoms with van der Waals surface area (Å²) in [6.07, 6.45) is -0.616. The summed E-state index contributed by atoms with van der Waals surface area (Å²) in [4.78, 5) is 23.6. The van der Waals surface area contributed by atoms with Crippen LogP contribution in [0.25, 0.3) is 0 Å². The smallest absolute Gasteiger partial charge is 0.334 e. The minimum atomic E-state index is -1.52. The highest BCUT2D eigenvalue weighted by Crippen LogP contribution is 2.56. The Kier molecular flexibility index (Phi) is 4.50. The fourth-order valence-electron chi connectivity index (χ4n) is 4.44. The topological polar surface area (TPSA) is 93.1 Å². The van der Waals surface area contributed by atoms with Crippen LogP contribution in [0, 0.1) is 11.8 Å². The Balaban J connectivity index is 1.99. The summed E-state index contributed by atoms with van der Waals surface area (Å²) in [7, 11) is 0. The van der Waals surface area contributed by atoms with Crippen molar-refractivity contribution in [1.82, 2.24) is 0 Å². The van der Waals surface area contributed by atoms with Gasteiger partial charge in [-0.3, -0.25) is 4.79 Å². The maximum atomic E-state index is 11.9. The molecule has 0 spiro atoms. The molecule has 25 heavy (non-hydrogen) atoms. The van der Waals surface area contributed by atoms with Crippen LogP contribution in [0.2, 0.25) is 0 Å². The van der Waals surface area contributed by atoms with E-state index in [1.165, 1.54) is 0 Å². The quantitative estimate of drug-likeness (QED) is 0.338. The molecule has 6 nitrogen and oxygen atoms in total. The van der Waals surface area contributed by atoms with Crippen LogP contribution in [-0.4, -0.2) is 51.4 Å². The summed E-state index contributed by atoms with van der Waals surface area (Å²) in [5.41, 5.74) is -2.39. The predicted molar refractivity (Wildman–Crippen MR) is 89.8 cm³/mol. The van der Waals surface area contributed by atoms with Gasteiger partial charge in [0.05, 0.1) is 17.1 Å². The van der Waals surface area contributed by atoms with Gasteiger partial charge in [-0.05, 0) is 18.4 Å². The lowest BCUT2D eigenvalue weighted by Crippen LogP contribution is -2.50. The summed E-state index contributed by atoms with van der Waals surface area (Å²) in [5, 5.41) is 22.6. The average Bonchev–Trinajstić information content (AvgIpc) is 2.93. The van der Waals surface area contributed by atoms with Crippen LogP contribution >= 0.6 is 11.6 Å². The molecule has 3 rings (SSSR count). The predicted octanol–water partition coefficient (Wildman–Crippen LogP) is 1.48. The van der Waals surface area contributed by atoms with Crippen molar-refractivity contribution in [1.29, 1.82) is 0 Å². The Bertz CT molecular complexity index is 645. The van der Waals surface area contributed by atoms with Crippen LogP contribution in [0.1, 0.15) is 32.6 Å². The van der Waals surface area contributed by atoms with Crippen molar-refractivity contribution in [3.63, 3.8) is 0 Å². The van der Waals surface area contributed by atoms with Crippen molar-refractivity contribution in [3.05, 3.63) is 24.3 Å². The van der Waals surface area contributed by atoms with Gasteiger partial charge in [-0.1, -0.05) is 20.1 Å². The Labute approximate surface area is 151 Å². The molecule has 2 saturated carbocycles. The molecule has 1 heterocycles. The highest BCUT2D eigenvalue weighted by molar-refractivity contribution is 6.18. The Morgan fingerprint density at radius 3 is 2.68 bits per heavy atom. The number of alkyl halides is 1. The van der Waals surface area contributed by atoms with Crippen LogP contribution in [0.3, 0.4) is 0 Å². The number of carbonyl (C=O) groups is 2. The standard InChI is InChI=1S/C18H23ClO6/c1-4-15(20)24-12-5-14-17(22,8-19)7-13-11(9(2)16(21)25-13)6-18(14,23)10(12)3/h11-14,22-23H,2-8H2,1H3. The largest absolute Gasteiger partial charge is 0.458 e. The van der Waals surface area contributed by atoms with Gasteiger partial charge in [0, 0.05) is 30.3 Å². The lowest BCUT2D eigenvalue weighted by molar-refractivity contribution is -0.148. The molecule has 7 heteroatoms. The third-order valence-electron chi connectivity index (χ3n) is 5.92. The van der Waals surface area contributed by atoms with Crippen LogP contribution < -0.4 is 0 Å². The number of halogens is 1. The molecule has 0 aromatic heterocycles.